The van der Waals surface area contributed by atoms with Gasteiger partial charge in [-0.3, -0.25) is 9.59 Å². The van der Waals surface area contributed by atoms with Crippen molar-refractivity contribution in [2.45, 2.75) is 78.9 Å². The largest absolute Gasteiger partial charge is 0.507 e. The quantitative estimate of drug-likeness (QED) is 0.118. The molecule has 1 amide bonds. The molecule has 2 atom stereocenters. The average molecular weight is 579 g/mol. The molecule has 0 aromatic heterocycles. The van der Waals surface area contributed by atoms with Gasteiger partial charge in [-0.15, -0.1) is 0 Å². The molecule has 1 N–H and O–H groups in total. The Kier molecular flexibility index (Phi) is 10.9. The molecule has 4 rings (SSSR count). The highest BCUT2D eigenvalue weighted by atomic mass is 16.5. The van der Waals surface area contributed by atoms with Crippen molar-refractivity contribution in [2.24, 2.45) is 0 Å². The number of benzene rings is 2. The molecule has 8 nitrogen and oxygen atoms in total. The first-order valence-corrected chi connectivity index (χ1v) is 15.5. The third-order valence-electron chi connectivity index (χ3n) is 8.07. The monoisotopic (exact) mass is 578 g/mol. The summed E-state index contributed by atoms with van der Waals surface area (Å²) in [6.07, 6.45) is 4.60. The van der Waals surface area contributed by atoms with E-state index in [1.807, 2.05) is 44.2 Å². The maximum atomic E-state index is 13.6. The highest BCUT2D eigenvalue weighted by Crippen LogP contribution is 2.43. The lowest BCUT2D eigenvalue weighted by Gasteiger charge is -2.27. The first-order chi connectivity index (χ1) is 20.3. The molecule has 42 heavy (non-hydrogen) atoms. The number of ether oxygens (including phenoxy) is 3. The first kappa shape index (κ1) is 31.4. The van der Waals surface area contributed by atoms with Crippen LogP contribution in [0.5, 0.6) is 17.2 Å². The molecule has 2 aromatic rings. The molecular formula is C34H46N2O6. The number of rotatable bonds is 15. The number of ketones is 1. The number of unbranched alkanes of at least 4 members (excludes halogenated alkanes) is 2. The van der Waals surface area contributed by atoms with Gasteiger partial charge in [-0.2, -0.15) is 0 Å². The first-order valence-electron chi connectivity index (χ1n) is 15.5. The van der Waals surface area contributed by atoms with Crippen LogP contribution >= 0.6 is 0 Å². The number of carbonyl (C=O) groups is 2. The van der Waals surface area contributed by atoms with Crippen LogP contribution in [0.3, 0.4) is 0 Å². The van der Waals surface area contributed by atoms with Crippen LogP contribution in [0.15, 0.2) is 42.0 Å². The minimum atomic E-state index is -0.751. The lowest BCUT2D eigenvalue weighted by atomic mass is 9.94. The fourth-order valence-electron chi connectivity index (χ4n) is 5.80. The van der Waals surface area contributed by atoms with Crippen molar-refractivity contribution in [3.8, 4) is 17.2 Å². The van der Waals surface area contributed by atoms with Crippen LogP contribution in [-0.2, 0) is 16.0 Å². The summed E-state index contributed by atoms with van der Waals surface area (Å²) < 4.78 is 17.8. The molecule has 0 spiro atoms. The summed E-state index contributed by atoms with van der Waals surface area (Å²) in [5, 5.41) is 11.6. The van der Waals surface area contributed by atoms with Gasteiger partial charge >= 0.3 is 0 Å². The summed E-state index contributed by atoms with van der Waals surface area (Å²) in [7, 11) is 0. The summed E-state index contributed by atoms with van der Waals surface area (Å²) >= 11 is 0. The Morgan fingerprint density at radius 3 is 2.50 bits per heavy atom. The van der Waals surface area contributed by atoms with Crippen molar-refractivity contribution in [1.29, 1.82) is 0 Å². The zero-order valence-corrected chi connectivity index (χ0v) is 25.8. The number of likely N-dealkylation sites (tertiary alicyclic amines) is 1. The summed E-state index contributed by atoms with van der Waals surface area (Å²) in [5.74, 6) is 0.514. The van der Waals surface area contributed by atoms with Gasteiger partial charge in [0.25, 0.3) is 11.7 Å². The highest BCUT2D eigenvalue weighted by Gasteiger charge is 2.46. The van der Waals surface area contributed by atoms with E-state index < -0.39 is 17.7 Å². The maximum Gasteiger partial charge on any atom is 0.295 e. The number of aliphatic hydroxyl groups excluding tert-OH is 1. The van der Waals surface area contributed by atoms with Gasteiger partial charge in [0.1, 0.15) is 17.6 Å². The lowest BCUT2D eigenvalue weighted by molar-refractivity contribution is -0.140. The van der Waals surface area contributed by atoms with E-state index in [4.69, 9.17) is 14.2 Å². The van der Waals surface area contributed by atoms with Crippen molar-refractivity contribution in [1.82, 2.24) is 9.80 Å². The zero-order valence-electron chi connectivity index (χ0n) is 25.8. The number of nitrogens with zero attached hydrogens (tertiary/aromatic N) is 2. The van der Waals surface area contributed by atoms with E-state index in [0.717, 1.165) is 56.6 Å². The van der Waals surface area contributed by atoms with E-state index >= 15 is 0 Å². The van der Waals surface area contributed by atoms with E-state index in [9.17, 15) is 14.7 Å². The molecule has 1 fully saturated rings. The number of carbonyl (C=O) groups excluding carboxylic acids is 2. The Hall–Kier alpha value is -3.52. The van der Waals surface area contributed by atoms with Crippen LogP contribution in [0.25, 0.3) is 5.76 Å². The second kappa shape index (κ2) is 14.6. The molecule has 2 heterocycles. The Labute approximate surface area is 250 Å². The number of hydrogen-bond acceptors (Lipinski definition) is 7. The number of aliphatic hydroxyl groups is 1. The molecule has 1 saturated heterocycles. The molecule has 2 aromatic carbocycles. The molecule has 0 aliphatic carbocycles. The normalized spacial score (nSPS) is 19.3. The number of hydrogen-bond donors (Lipinski definition) is 1. The lowest BCUT2D eigenvalue weighted by Crippen LogP contribution is -2.33. The van der Waals surface area contributed by atoms with Gasteiger partial charge in [-0.1, -0.05) is 39.7 Å². The number of Topliss-reactive ketones (excluding diaryl/α,β-unsaturated/α-hetero) is 1. The summed E-state index contributed by atoms with van der Waals surface area (Å²) in [6.45, 7) is 14.3. The average Bonchev–Trinajstić information content (AvgIpc) is 3.48. The third-order valence-corrected chi connectivity index (χ3v) is 8.07. The fourth-order valence-corrected chi connectivity index (χ4v) is 5.80. The SMILES string of the molecule is CCCCCOc1ccc([C@@H]2/C(=C(\O)c3ccc4c(c3)C[C@H](C)O4)C(=O)C(=O)N2CCCN(CC)CC)cc1OCC. The van der Waals surface area contributed by atoms with Crippen LogP contribution in [0.4, 0.5) is 0 Å². The molecule has 0 saturated carbocycles. The number of amides is 1. The molecule has 0 bridgehead atoms. The Bertz CT molecular complexity index is 1280. The highest BCUT2D eigenvalue weighted by molar-refractivity contribution is 6.46. The molecule has 228 valence electrons. The minimum Gasteiger partial charge on any atom is -0.507 e. The van der Waals surface area contributed by atoms with Crippen LogP contribution < -0.4 is 14.2 Å². The Morgan fingerprint density at radius 2 is 1.79 bits per heavy atom. The summed E-state index contributed by atoms with van der Waals surface area (Å²) in [5.41, 5.74) is 2.26. The van der Waals surface area contributed by atoms with Gasteiger partial charge in [0.2, 0.25) is 0 Å². The smallest absolute Gasteiger partial charge is 0.295 e. The number of fused-ring (bicyclic) bond motifs is 1. The Balaban J connectivity index is 1.74. The predicted octanol–water partition coefficient (Wildman–Crippen LogP) is 6.13. The van der Waals surface area contributed by atoms with Crippen LogP contribution in [0.1, 0.15) is 83.0 Å². The van der Waals surface area contributed by atoms with Crippen LogP contribution in [0.2, 0.25) is 0 Å². The molecule has 0 radical (unpaired) electrons. The van der Waals surface area contributed by atoms with E-state index in [1.165, 1.54) is 0 Å². The van der Waals surface area contributed by atoms with Gasteiger partial charge < -0.3 is 29.1 Å². The van der Waals surface area contributed by atoms with Crippen molar-refractivity contribution < 1.29 is 28.9 Å². The zero-order chi connectivity index (χ0) is 30.2. The van der Waals surface area contributed by atoms with E-state index in [0.29, 0.717) is 48.8 Å². The summed E-state index contributed by atoms with van der Waals surface area (Å²) in [6, 6.07) is 10.2. The van der Waals surface area contributed by atoms with E-state index in [-0.39, 0.29) is 17.4 Å². The van der Waals surface area contributed by atoms with Crippen LogP contribution in [-0.4, -0.2) is 72.1 Å². The van der Waals surface area contributed by atoms with Crippen molar-refractivity contribution in [3.63, 3.8) is 0 Å². The van der Waals surface area contributed by atoms with Crippen molar-refractivity contribution >= 4 is 17.4 Å². The van der Waals surface area contributed by atoms with Gasteiger partial charge in [0.15, 0.2) is 11.5 Å². The minimum absolute atomic E-state index is 0.0495. The van der Waals surface area contributed by atoms with E-state index in [1.54, 1.807) is 11.0 Å². The predicted molar refractivity (Wildman–Crippen MR) is 164 cm³/mol. The molecule has 2 aliphatic heterocycles. The second-order valence-electron chi connectivity index (χ2n) is 11.0. The summed E-state index contributed by atoms with van der Waals surface area (Å²) in [4.78, 5) is 31.0. The third kappa shape index (κ3) is 6.92. The standard InChI is InChI=1S/C34H46N2O6/c1-6-10-11-19-41-28-16-13-24(22-29(28)40-9-4)31-30(32(37)25-14-15-27-26(21-25)20-23(5)42-27)33(38)34(39)36(31)18-12-17-35(7-2)8-3/h13-16,21-23,31,37H,6-12,17-20H2,1-5H3/b32-30+/t23-,31+/m0/s1. The topological polar surface area (TPSA) is 88.5 Å². The molecular weight excluding hydrogens is 532 g/mol. The molecule has 0 unspecified atom stereocenters. The molecule has 2 aliphatic rings. The Morgan fingerprint density at radius 1 is 1.00 bits per heavy atom. The molecule has 8 heteroatoms. The second-order valence-corrected chi connectivity index (χ2v) is 11.0. The van der Waals surface area contributed by atoms with Gasteiger partial charge in [0.05, 0.1) is 24.8 Å². The van der Waals surface area contributed by atoms with Crippen molar-refractivity contribution in [2.75, 3.05) is 39.4 Å². The van der Waals surface area contributed by atoms with E-state index in [2.05, 4.69) is 25.7 Å². The van der Waals surface area contributed by atoms with Gasteiger partial charge in [-0.25, -0.2) is 0 Å². The van der Waals surface area contributed by atoms with Gasteiger partial charge in [0, 0.05) is 18.5 Å². The van der Waals surface area contributed by atoms with Crippen molar-refractivity contribution in [3.05, 3.63) is 58.7 Å². The fraction of sp³-hybridized carbons (Fsp3) is 0.529. The van der Waals surface area contributed by atoms with Gasteiger partial charge in [-0.05, 0) is 87.8 Å². The maximum absolute atomic E-state index is 13.6. The van der Waals surface area contributed by atoms with Crippen LogP contribution in [0, 0.1) is 0 Å².